The summed E-state index contributed by atoms with van der Waals surface area (Å²) >= 11 is 0. The molecule has 3 unspecified atom stereocenters. The van der Waals surface area contributed by atoms with Crippen molar-refractivity contribution in [3.05, 3.63) is 35.9 Å². The standard InChI is InChI=1S/C34H47NO10/c1-7-35-16-31(17-40-3)21(37)13-22(41-4)34-20-14-32(39)23(42-5)15-33(45-18(2)36,25(28(34)35)26(43-6)27(31)34)24(20)29(32)44-30(38)19-11-9-8-10-12-19/h8-12,20-29,37,39H,7,13-17H2,1-6H3/t20-,21-,22+,23+,24-,25?,26+,27-,28?,29-,31+,32-,33-,34?/m1/s1. The van der Waals surface area contributed by atoms with Gasteiger partial charge in [-0.2, -0.15) is 0 Å². The molecule has 45 heavy (non-hydrogen) atoms. The molecular formula is C34H47NO10. The maximum absolute atomic E-state index is 13.7. The zero-order chi connectivity index (χ0) is 32.1. The molecule has 0 amide bonds. The van der Waals surface area contributed by atoms with Crippen molar-refractivity contribution in [1.29, 1.82) is 0 Å². The van der Waals surface area contributed by atoms with Gasteiger partial charge in [-0.05, 0) is 31.0 Å². The molecule has 7 rings (SSSR count). The van der Waals surface area contributed by atoms with E-state index >= 15 is 0 Å². The van der Waals surface area contributed by atoms with Crippen LogP contribution in [-0.2, 0) is 33.2 Å². The number of aliphatic hydroxyl groups excluding tert-OH is 1. The van der Waals surface area contributed by atoms with Crippen LogP contribution in [0.3, 0.4) is 0 Å². The second-order valence-electron chi connectivity index (χ2n) is 14.4. The Hall–Kier alpha value is -2.12. The van der Waals surface area contributed by atoms with Crippen LogP contribution < -0.4 is 0 Å². The van der Waals surface area contributed by atoms with Gasteiger partial charge in [-0.15, -0.1) is 0 Å². The van der Waals surface area contributed by atoms with E-state index in [0.29, 0.717) is 31.7 Å². The fraction of sp³-hybridized carbons (Fsp3) is 0.765. The van der Waals surface area contributed by atoms with Crippen molar-refractivity contribution < 1.29 is 48.2 Å². The van der Waals surface area contributed by atoms with Gasteiger partial charge in [0.15, 0.2) is 0 Å². The number of hydrogen-bond donors (Lipinski definition) is 2. The minimum atomic E-state index is -1.55. The fourth-order valence-electron chi connectivity index (χ4n) is 12.2. The molecule has 5 saturated carbocycles. The zero-order valence-corrected chi connectivity index (χ0v) is 27.0. The lowest BCUT2D eigenvalue weighted by Crippen LogP contribution is -2.79. The van der Waals surface area contributed by atoms with Gasteiger partial charge in [0.1, 0.15) is 17.3 Å². The Labute approximate surface area is 264 Å². The lowest BCUT2D eigenvalue weighted by molar-refractivity contribution is -0.300. The Morgan fingerprint density at radius 2 is 1.71 bits per heavy atom. The van der Waals surface area contributed by atoms with Gasteiger partial charge >= 0.3 is 11.9 Å². The maximum atomic E-state index is 13.7. The van der Waals surface area contributed by atoms with Crippen LogP contribution in [0.25, 0.3) is 0 Å². The van der Waals surface area contributed by atoms with Crippen LogP contribution in [0.15, 0.2) is 30.3 Å². The first kappa shape index (κ1) is 31.5. The summed E-state index contributed by atoms with van der Waals surface area (Å²) in [5, 5.41) is 24.8. The number of ether oxygens (including phenoxy) is 6. The highest BCUT2D eigenvalue weighted by molar-refractivity contribution is 5.89. The van der Waals surface area contributed by atoms with Crippen molar-refractivity contribution >= 4 is 11.9 Å². The van der Waals surface area contributed by atoms with Crippen LogP contribution in [0.5, 0.6) is 0 Å². The molecule has 14 atom stereocenters. The highest BCUT2D eigenvalue weighted by atomic mass is 16.6. The molecule has 5 aliphatic carbocycles. The van der Waals surface area contributed by atoms with Crippen molar-refractivity contribution in [2.24, 2.45) is 34.5 Å². The summed E-state index contributed by atoms with van der Waals surface area (Å²) in [4.78, 5) is 29.3. The molecule has 1 aromatic rings. The Bertz CT molecular complexity index is 1330. The Balaban J connectivity index is 1.50. The lowest BCUT2D eigenvalue weighted by atomic mass is 9.42. The Kier molecular flexibility index (Phi) is 7.48. The number of methoxy groups -OCH3 is 4. The van der Waals surface area contributed by atoms with Gasteiger partial charge < -0.3 is 38.6 Å². The van der Waals surface area contributed by atoms with E-state index < -0.39 is 76.3 Å². The molecule has 11 heteroatoms. The van der Waals surface area contributed by atoms with Crippen molar-refractivity contribution in [2.45, 2.75) is 80.9 Å². The number of nitrogens with zero attached hydrogens (tertiary/aromatic N) is 1. The topological polar surface area (TPSA) is 133 Å². The summed E-state index contributed by atoms with van der Waals surface area (Å²) in [7, 11) is 6.58. The minimum absolute atomic E-state index is 0.163. The summed E-state index contributed by atoms with van der Waals surface area (Å²) in [6.45, 7) is 5.08. The first-order chi connectivity index (χ1) is 21.5. The van der Waals surface area contributed by atoms with Crippen molar-refractivity contribution in [3.8, 4) is 0 Å². The van der Waals surface area contributed by atoms with E-state index in [0.717, 1.165) is 0 Å². The van der Waals surface area contributed by atoms with E-state index in [1.807, 2.05) is 6.07 Å². The van der Waals surface area contributed by atoms with Gasteiger partial charge in [-0.3, -0.25) is 9.69 Å². The molecule has 6 fully saturated rings. The number of esters is 2. The maximum Gasteiger partial charge on any atom is 0.338 e. The number of benzene rings is 1. The first-order valence-corrected chi connectivity index (χ1v) is 16.2. The number of likely N-dealkylation sites (tertiary alicyclic amines) is 1. The molecule has 1 saturated heterocycles. The van der Waals surface area contributed by atoms with Crippen molar-refractivity contribution in [2.75, 3.05) is 48.1 Å². The highest BCUT2D eigenvalue weighted by Gasteiger charge is 2.90. The summed E-state index contributed by atoms with van der Waals surface area (Å²) in [6, 6.07) is 8.56. The molecule has 0 radical (unpaired) electrons. The fourth-order valence-corrected chi connectivity index (χ4v) is 12.2. The largest absolute Gasteiger partial charge is 0.458 e. The highest BCUT2D eigenvalue weighted by Crippen LogP contribution is 2.80. The van der Waals surface area contributed by atoms with Crippen molar-refractivity contribution in [1.82, 2.24) is 4.90 Å². The molecule has 1 heterocycles. The van der Waals surface area contributed by atoms with Gasteiger partial charge in [0.2, 0.25) is 0 Å². The molecule has 2 N–H and O–H groups in total. The van der Waals surface area contributed by atoms with Gasteiger partial charge in [0.25, 0.3) is 0 Å². The third-order valence-electron chi connectivity index (χ3n) is 13.1. The molecule has 6 aliphatic rings. The van der Waals surface area contributed by atoms with E-state index in [-0.39, 0.29) is 30.7 Å². The lowest BCUT2D eigenvalue weighted by Gasteiger charge is -2.70. The smallest absolute Gasteiger partial charge is 0.338 e. The van der Waals surface area contributed by atoms with Gasteiger partial charge in [-0.1, -0.05) is 25.1 Å². The van der Waals surface area contributed by atoms with E-state index in [2.05, 4.69) is 11.8 Å². The minimum Gasteiger partial charge on any atom is -0.458 e. The normalized spacial score (nSPS) is 49.1. The molecule has 1 aliphatic heterocycles. The van der Waals surface area contributed by atoms with Crippen LogP contribution in [0.2, 0.25) is 0 Å². The van der Waals surface area contributed by atoms with Crippen LogP contribution in [-0.4, -0.2) is 123 Å². The molecule has 248 valence electrons. The molecule has 1 aromatic carbocycles. The van der Waals surface area contributed by atoms with E-state index in [1.54, 1.807) is 52.7 Å². The third kappa shape index (κ3) is 3.72. The van der Waals surface area contributed by atoms with E-state index in [4.69, 9.17) is 28.4 Å². The number of hydrogen-bond acceptors (Lipinski definition) is 11. The van der Waals surface area contributed by atoms with Crippen molar-refractivity contribution in [3.63, 3.8) is 0 Å². The number of aliphatic hydroxyl groups is 2. The summed E-state index contributed by atoms with van der Waals surface area (Å²) in [5.41, 5.74) is -3.74. The third-order valence-corrected chi connectivity index (χ3v) is 13.1. The zero-order valence-electron chi connectivity index (χ0n) is 27.0. The molecule has 11 nitrogen and oxygen atoms in total. The number of piperidine rings is 1. The van der Waals surface area contributed by atoms with Crippen LogP contribution >= 0.6 is 0 Å². The number of fused-ring (bicyclic) bond motifs is 2. The summed E-state index contributed by atoms with van der Waals surface area (Å²) in [6.07, 6.45) is -2.55. The van der Waals surface area contributed by atoms with Crippen LogP contribution in [0.1, 0.15) is 43.5 Å². The number of carbonyl (C=O) groups excluding carboxylic acids is 2. The average Bonchev–Trinajstić information content (AvgIpc) is 3.40. The predicted molar refractivity (Wildman–Crippen MR) is 159 cm³/mol. The van der Waals surface area contributed by atoms with Gasteiger partial charge in [0, 0.05) is 89.4 Å². The quantitative estimate of drug-likeness (QED) is 0.387. The monoisotopic (exact) mass is 629 g/mol. The second kappa shape index (κ2) is 10.7. The summed E-state index contributed by atoms with van der Waals surface area (Å²) in [5.74, 6) is -2.55. The molecule has 0 aromatic heterocycles. The van der Waals surface area contributed by atoms with Gasteiger partial charge in [-0.25, -0.2) is 4.79 Å². The predicted octanol–water partition coefficient (Wildman–Crippen LogP) is 1.68. The Morgan fingerprint density at radius 3 is 2.31 bits per heavy atom. The molecule has 7 bridgehead atoms. The SMILES string of the molecule is CCN1C[C@]2(COC)[C@H](O)C[C@H](OC)C34C1C([C@H](OC)[C@@H]32)[C@@]1(OC(C)=O)C[C@H](OC)[C@]2(O)C[C@@H]4[C@@H]1[C@H]2OC(=O)c1ccccc1. The second-order valence-corrected chi connectivity index (χ2v) is 14.4. The molecular weight excluding hydrogens is 582 g/mol. The number of carbonyl (C=O) groups is 2. The Morgan fingerprint density at radius 1 is 1.00 bits per heavy atom. The van der Waals surface area contributed by atoms with E-state index in [9.17, 15) is 19.8 Å². The van der Waals surface area contributed by atoms with E-state index in [1.165, 1.54) is 6.92 Å². The molecule has 1 spiro atoms. The van der Waals surface area contributed by atoms with Gasteiger partial charge in [0.05, 0.1) is 36.6 Å². The summed E-state index contributed by atoms with van der Waals surface area (Å²) < 4.78 is 37.9. The van der Waals surface area contributed by atoms with Crippen LogP contribution in [0, 0.1) is 34.5 Å². The number of rotatable bonds is 9. The van der Waals surface area contributed by atoms with Crippen LogP contribution in [0.4, 0.5) is 0 Å². The average molecular weight is 630 g/mol. The first-order valence-electron chi connectivity index (χ1n) is 16.2.